The molecule has 3 amide bonds. The van der Waals surface area contributed by atoms with E-state index >= 15 is 0 Å². The first kappa shape index (κ1) is 20.2. The summed E-state index contributed by atoms with van der Waals surface area (Å²) < 4.78 is 5.40. The molecule has 0 aromatic heterocycles. The maximum atomic E-state index is 12.6. The average molecular weight is 387 g/mol. The molecule has 7 heteroatoms. The van der Waals surface area contributed by atoms with Gasteiger partial charge in [-0.05, 0) is 45.7 Å². The summed E-state index contributed by atoms with van der Waals surface area (Å²) >= 11 is 0. The Morgan fingerprint density at radius 2 is 1.75 bits per heavy atom. The van der Waals surface area contributed by atoms with E-state index in [1.165, 1.54) is 0 Å². The van der Waals surface area contributed by atoms with E-state index in [2.05, 4.69) is 5.32 Å². The molecule has 1 aromatic rings. The van der Waals surface area contributed by atoms with E-state index in [4.69, 9.17) is 4.74 Å². The second-order valence-corrected chi connectivity index (χ2v) is 8.49. The lowest BCUT2D eigenvalue weighted by molar-refractivity contribution is -0.127. The van der Waals surface area contributed by atoms with Crippen LogP contribution < -0.4 is 10.2 Å². The number of piperidine rings is 1. The topological polar surface area (TPSA) is 79.0 Å². The second-order valence-electron chi connectivity index (χ2n) is 8.49. The second kappa shape index (κ2) is 8.20. The molecule has 0 saturated carbocycles. The van der Waals surface area contributed by atoms with Crippen molar-refractivity contribution in [2.45, 2.75) is 51.7 Å². The van der Waals surface area contributed by atoms with E-state index in [0.717, 1.165) is 5.69 Å². The van der Waals surface area contributed by atoms with Crippen molar-refractivity contribution in [1.29, 1.82) is 0 Å². The van der Waals surface area contributed by atoms with Gasteiger partial charge in [0.1, 0.15) is 5.60 Å². The lowest BCUT2D eigenvalue weighted by Crippen LogP contribution is -2.49. The smallest absolute Gasteiger partial charge is 0.410 e. The molecule has 1 N–H and O–H groups in total. The first-order valence-electron chi connectivity index (χ1n) is 9.86. The van der Waals surface area contributed by atoms with Crippen molar-refractivity contribution in [1.82, 2.24) is 10.2 Å². The van der Waals surface area contributed by atoms with Crippen molar-refractivity contribution in [3.8, 4) is 0 Å². The molecule has 0 spiro atoms. The van der Waals surface area contributed by atoms with Crippen LogP contribution in [0.2, 0.25) is 0 Å². The number of carbonyl (C=O) groups is 3. The van der Waals surface area contributed by atoms with Crippen molar-refractivity contribution in [2.75, 3.05) is 24.5 Å². The fourth-order valence-corrected chi connectivity index (χ4v) is 3.59. The molecular formula is C21H29N3O4. The van der Waals surface area contributed by atoms with Gasteiger partial charge in [-0.3, -0.25) is 9.59 Å². The maximum absolute atomic E-state index is 12.6. The summed E-state index contributed by atoms with van der Waals surface area (Å²) in [6.07, 6.45) is 1.30. The van der Waals surface area contributed by atoms with Crippen molar-refractivity contribution in [3.05, 3.63) is 30.3 Å². The van der Waals surface area contributed by atoms with Crippen LogP contribution in [0.3, 0.4) is 0 Å². The average Bonchev–Trinajstić information content (AvgIpc) is 3.03. The lowest BCUT2D eigenvalue weighted by atomic mass is 10.0. The first-order chi connectivity index (χ1) is 13.2. The third kappa shape index (κ3) is 5.03. The number of hydrogen-bond acceptors (Lipinski definition) is 4. The van der Waals surface area contributed by atoms with Gasteiger partial charge in [-0.1, -0.05) is 18.2 Å². The van der Waals surface area contributed by atoms with Crippen LogP contribution in [0.5, 0.6) is 0 Å². The van der Waals surface area contributed by atoms with Crippen LogP contribution in [0.25, 0.3) is 0 Å². The monoisotopic (exact) mass is 387 g/mol. The predicted octanol–water partition coefficient (Wildman–Crippen LogP) is 2.56. The number of benzene rings is 1. The van der Waals surface area contributed by atoms with Crippen LogP contribution in [-0.4, -0.2) is 54.1 Å². The Labute approximate surface area is 166 Å². The number of nitrogens with one attached hydrogen (secondary N) is 1. The van der Waals surface area contributed by atoms with Gasteiger partial charge in [0, 0.05) is 37.8 Å². The third-order valence-corrected chi connectivity index (χ3v) is 5.06. The van der Waals surface area contributed by atoms with Gasteiger partial charge in [-0.2, -0.15) is 0 Å². The zero-order valence-electron chi connectivity index (χ0n) is 16.8. The standard InChI is InChI=1S/C21H29N3O4/c1-21(2,3)28-20(27)23-11-9-16(10-12-23)22-19(26)15-13-18(25)24(14-15)17-7-5-4-6-8-17/h4-8,15-16H,9-14H2,1-3H3,(H,22,26). The Bertz CT molecular complexity index is 721. The molecule has 1 aromatic carbocycles. The zero-order valence-corrected chi connectivity index (χ0v) is 16.8. The van der Waals surface area contributed by atoms with E-state index in [9.17, 15) is 14.4 Å². The molecule has 2 heterocycles. The summed E-state index contributed by atoms with van der Waals surface area (Å²) in [5.41, 5.74) is 0.315. The number of para-hydroxylation sites is 1. The number of likely N-dealkylation sites (tertiary alicyclic amines) is 1. The minimum atomic E-state index is -0.512. The summed E-state index contributed by atoms with van der Waals surface area (Å²) in [7, 11) is 0. The van der Waals surface area contributed by atoms with Gasteiger partial charge in [0.2, 0.25) is 11.8 Å². The summed E-state index contributed by atoms with van der Waals surface area (Å²) in [6.45, 7) is 7.06. The summed E-state index contributed by atoms with van der Waals surface area (Å²) in [5.74, 6) is -0.440. The molecule has 2 saturated heterocycles. The highest BCUT2D eigenvalue weighted by Crippen LogP contribution is 2.25. The minimum absolute atomic E-state index is 0.0204. The van der Waals surface area contributed by atoms with Crippen molar-refractivity contribution in [2.24, 2.45) is 5.92 Å². The number of hydrogen-bond donors (Lipinski definition) is 1. The van der Waals surface area contributed by atoms with E-state index in [1.54, 1.807) is 9.80 Å². The fraction of sp³-hybridized carbons (Fsp3) is 0.571. The Hall–Kier alpha value is -2.57. The van der Waals surface area contributed by atoms with E-state index in [0.29, 0.717) is 32.5 Å². The van der Waals surface area contributed by atoms with Crippen LogP contribution >= 0.6 is 0 Å². The molecule has 2 fully saturated rings. The van der Waals surface area contributed by atoms with Crippen LogP contribution in [0.15, 0.2) is 30.3 Å². The van der Waals surface area contributed by atoms with E-state index in [-0.39, 0.29) is 36.3 Å². The maximum Gasteiger partial charge on any atom is 0.410 e. The van der Waals surface area contributed by atoms with Crippen molar-refractivity contribution in [3.63, 3.8) is 0 Å². The lowest BCUT2D eigenvalue weighted by Gasteiger charge is -2.34. The van der Waals surface area contributed by atoms with E-state index < -0.39 is 5.60 Å². The molecule has 28 heavy (non-hydrogen) atoms. The number of ether oxygens (including phenoxy) is 1. The summed E-state index contributed by atoms with van der Waals surface area (Å²) in [6, 6.07) is 9.45. The normalized spacial score (nSPS) is 21.0. The molecule has 0 radical (unpaired) electrons. The van der Waals surface area contributed by atoms with Crippen LogP contribution in [0.1, 0.15) is 40.0 Å². The first-order valence-corrected chi connectivity index (χ1v) is 9.86. The van der Waals surface area contributed by atoms with Gasteiger partial charge < -0.3 is 19.9 Å². The van der Waals surface area contributed by atoms with Crippen LogP contribution in [0, 0.1) is 5.92 Å². The highest BCUT2D eigenvalue weighted by Gasteiger charge is 2.36. The number of carbonyl (C=O) groups excluding carboxylic acids is 3. The number of rotatable bonds is 3. The molecule has 152 valence electrons. The Kier molecular flexibility index (Phi) is 5.91. The zero-order chi connectivity index (χ0) is 20.3. The molecule has 7 nitrogen and oxygen atoms in total. The predicted molar refractivity (Wildman–Crippen MR) is 106 cm³/mol. The van der Waals surface area contributed by atoms with Gasteiger partial charge in [-0.25, -0.2) is 4.79 Å². The SMILES string of the molecule is CC(C)(C)OC(=O)N1CCC(NC(=O)C2CC(=O)N(c3ccccc3)C2)CC1. The van der Waals surface area contributed by atoms with Gasteiger partial charge >= 0.3 is 6.09 Å². The number of nitrogens with zero attached hydrogens (tertiary/aromatic N) is 2. The minimum Gasteiger partial charge on any atom is -0.444 e. The highest BCUT2D eigenvalue weighted by molar-refractivity contribution is 6.00. The quantitative estimate of drug-likeness (QED) is 0.865. The van der Waals surface area contributed by atoms with Crippen molar-refractivity contribution >= 4 is 23.6 Å². The molecule has 2 aliphatic rings. The molecule has 1 unspecified atom stereocenters. The van der Waals surface area contributed by atoms with Crippen molar-refractivity contribution < 1.29 is 19.1 Å². The molecular weight excluding hydrogens is 358 g/mol. The summed E-state index contributed by atoms with van der Waals surface area (Å²) in [4.78, 5) is 40.4. The molecule has 3 rings (SSSR count). The fourth-order valence-electron chi connectivity index (χ4n) is 3.59. The van der Waals surface area contributed by atoms with Crippen LogP contribution in [-0.2, 0) is 14.3 Å². The Morgan fingerprint density at radius 1 is 1.11 bits per heavy atom. The summed E-state index contributed by atoms with van der Waals surface area (Å²) in [5, 5.41) is 3.06. The highest BCUT2D eigenvalue weighted by atomic mass is 16.6. The number of amides is 3. The largest absolute Gasteiger partial charge is 0.444 e. The van der Waals surface area contributed by atoms with Gasteiger partial charge in [0.25, 0.3) is 0 Å². The Morgan fingerprint density at radius 3 is 2.36 bits per heavy atom. The molecule has 1 atom stereocenters. The van der Waals surface area contributed by atoms with Gasteiger partial charge in [0.05, 0.1) is 5.92 Å². The van der Waals surface area contributed by atoms with E-state index in [1.807, 2.05) is 51.1 Å². The Balaban J connectivity index is 1.47. The number of anilines is 1. The third-order valence-electron chi connectivity index (χ3n) is 5.06. The van der Waals surface area contributed by atoms with Crippen LogP contribution in [0.4, 0.5) is 10.5 Å². The molecule has 0 bridgehead atoms. The molecule has 0 aliphatic carbocycles. The van der Waals surface area contributed by atoms with Gasteiger partial charge in [-0.15, -0.1) is 0 Å². The molecule has 2 aliphatic heterocycles. The van der Waals surface area contributed by atoms with Gasteiger partial charge in [0.15, 0.2) is 0 Å².